The molecule has 0 aliphatic carbocycles. The van der Waals surface area contributed by atoms with E-state index in [2.05, 4.69) is 4.99 Å². The molecule has 2 aromatic rings. The lowest BCUT2D eigenvalue weighted by Gasteiger charge is -2.11. The highest BCUT2D eigenvalue weighted by atomic mass is 32.2. The van der Waals surface area contributed by atoms with Crippen LogP contribution in [0, 0.1) is 6.92 Å². The molecule has 1 aromatic carbocycles. The molecule has 0 radical (unpaired) electrons. The van der Waals surface area contributed by atoms with Gasteiger partial charge in [-0.05, 0) is 56.3 Å². The first-order valence-corrected chi connectivity index (χ1v) is 9.46. The van der Waals surface area contributed by atoms with Crippen molar-refractivity contribution in [3.05, 3.63) is 52.1 Å². The number of aromatic carboxylic acids is 1. The molecule has 140 valence electrons. The topological polar surface area (TPSA) is 83.1 Å². The lowest BCUT2D eigenvalue weighted by atomic mass is 10.0. The number of carboxylic acids is 1. The maximum atomic E-state index is 12.5. The molecule has 7 heteroatoms. The Hall–Kier alpha value is -2.80. The van der Waals surface area contributed by atoms with Crippen LogP contribution in [0.4, 0.5) is 0 Å². The van der Waals surface area contributed by atoms with Gasteiger partial charge in [-0.15, -0.1) is 0 Å². The number of aryl methyl sites for hydroxylation is 1. The van der Waals surface area contributed by atoms with Gasteiger partial charge in [-0.1, -0.05) is 12.1 Å². The molecule has 1 aliphatic heterocycles. The number of aliphatic imine (C=N–C) groups is 1. The molecule has 27 heavy (non-hydrogen) atoms. The van der Waals surface area contributed by atoms with Crippen LogP contribution in [-0.2, 0) is 4.79 Å². The fourth-order valence-corrected chi connectivity index (χ4v) is 3.85. The van der Waals surface area contributed by atoms with Gasteiger partial charge in [0.1, 0.15) is 11.5 Å². The zero-order valence-corrected chi connectivity index (χ0v) is 16.2. The minimum absolute atomic E-state index is 0.0869. The molecule has 1 aromatic heterocycles. The van der Waals surface area contributed by atoms with E-state index in [1.54, 1.807) is 42.2 Å². The SMILES string of the molecule is CCN=C1S/C(=C\c2ccc(-c3ccc(C)c(C(=O)O)c3)o2)C(=O)N1CC. The van der Waals surface area contributed by atoms with Gasteiger partial charge in [0, 0.05) is 24.7 Å². The summed E-state index contributed by atoms with van der Waals surface area (Å²) in [6, 6.07) is 8.70. The van der Waals surface area contributed by atoms with Crippen LogP contribution in [0.15, 0.2) is 44.6 Å². The summed E-state index contributed by atoms with van der Waals surface area (Å²) in [5, 5.41) is 9.98. The highest BCUT2D eigenvalue weighted by Gasteiger charge is 2.32. The van der Waals surface area contributed by atoms with Crippen molar-refractivity contribution in [3.8, 4) is 11.3 Å². The van der Waals surface area contributed by atoms with Crippen LogP contribution >= 0.6 is 11.8 Å². The summed E-state index contributed by atoms with van der Waals surface area (Å²) >= 11 is 1.33. The second kappa shape index (κ2) is 7.84. The number of furan rings is 1. The molecule has 1 saturated heterocycles. The number of rotatable bonds is 5. The molecular formula is C20H20N2O4S. The number of likely N-dealkylation sites (N-methyl/N-ethyl adjacent to an activating group) is 1. The second-order valence-electron chi connectivity index (χ2n) is 5.95. The lowest BCUT2D eigenvalue weighted by molar-refractivity contribution is -0.122. The Labute approximate surface area is 161 Å². The van der Waals surface area contributed by atoms with Crippen molar-refractivity contribution in [1.82, 2.24) is 4.90 Å². The Morgan fingerprint density at radius 2 is 2.07 bits per heavy atom. The van der Waals surface area contributed by atoms with E-state index >= 15 is 0 Å². The normalized spacial score (nSPS) is 17.3. The van der Waals surface area contributed by atoms with Crippen molar-refractivity contribution in [1.29, 1.82) is 0 Å². The highest BCUT2D eigenvalue weighted by Crippen LogP contribution is 2.33. The molecular weight excluding hydrogens is 364 g/mol. The molecule has 0 spiro atoms. The van der Waals surface area contributed by atoms with E-state index in [1.165, 1.54) is 11.8 Å². The summed E-state index contributed by atoms with van der Waals surface area (Å²) in [5.74, 6) is 0.0245. The molecule has 1 amide bonds. The van der Waals surface area contributed by atoms with Crippen molar-refractivity contribution in [3.63, 3.8) is 0 Å². The largest absolute Gasteiger partial charge is 0.478 e. The van der Waals surface area contributed by atoms with E-state index in [-0.39, 0.29) is 11.5 Å². The monoisotopic (exact) mass is 384 g/mol. The molecule has 2 heterocycles. The van der Waals surface area contributed by atoms with Gasteiger partial charge in [-0.3, -0.25) is 14.7 Å². The molecule has 0 atom stereocenters. The Bertz CT molecular complexity index is 959. The molecule has 0 unspecified atom stereocenters. The van der Waals surface area contributed by atoms with E-state index in [0.717, 1.165) is 0 Å². The van der Waals surface area contributed by atoms with Crippen molar-refractivity contribution in [2.45, 2.75) is 20.8 Å². The number of nitrogens with zero attached hydrogens (tertiary/aromatic N) is 2. The Morgan fingerprint density at radius 3 is 2.74 bits per heavy atom. The van der Waals surface area contributed by atoms with Crippen molar-refractivity contribution < 1.29 is 19.1 Å². The van der Waals surface area contributed by atoms with Gasteiger partial charge in [0.05, 0.1) is 10.5 Å². The number of carbonyl (C=O) groups excluding carboxylic acids is 1. The Balaban J connectivity index is 1.90. The van der Waals surface area contributed by atoms with Gasteiger partial charge in [-0.2, -0.15) is 0 Å². The molecule has 6 nitrogen and oxygen atoms in total. The van der Waals surface area contributed by atoms with Crippen LogP contribution in [0.2, 0.25) is 0 Å². The number of hydrogen-bond acceptors (Lipinski definition) is 5. The predicted octanol–water partition coefficient (Wildman–Crippen LogP) is 4.27. The quantitative estimate of drug-likeness (QED) is 0.779. The second-order valence-corrected chi connectivity index (χ2v) is 6.96. The number of hydrogen-bond donors (Lipinski definition) is 1. The van der Waals surface area contributed by atoms with Gasteiger partial charge in [0.15, 0.2) is 5.17 Å². The highest BCUT2D eigenvalue weighted by molar-refractivity contribution is 8.18. The van der Waals surface area contributed by atoms with E-state index in [4.69, 9.17) is 4.42 Å². The minimum Gasteiger partial charge on any atom is -0.478 e. The number of amides is 1. The molecule has 0 bridgehead atoms. The summed E-state index contributed by atoms with van der Waals surface area (Å²) in [5.41, 5.74) is 1.61. The first-order valence-electron chi connectivity index (χ1n) is 8.64. The minimum atomic E-state index is -0.974. The summed E-state index contributed by atoms with van der Waals surface area (Å²) in [6.07, 6.45) is 1.70. The molecule has 1 fully saturated rings. The third-order valence-corrected chi connectivity index (χ3v) is 5.19. The van der Waals surface area contributed by atoms with Gasteiger partial charge >= 0.3 is 5.97 Å². The van der Waals surface area contributed by atoms with Gasteiger partial charge in [0.2, 0.25) is 0 Å². The average molecular weight is 384 g/mol. The molecule has 1 N–H and O–H groups in total. The van der Waals surface area contributed by atoms with E-state index < -0.39 is 5.97 Å². The number of carbonyl (C=O) groups is 2. The first kappa shape index (κ1) is 19.0. The summed E-state index contributed by atoms with van der Waals surface area (Å²) in [7, 11) is 0. The third kappa shape index (κ3) is 3.83. The van der Waals surface area contributed by atoms with Crippen LogP contribution < -0.4 is 0 Å². The number of carboxylic acid groups (broad SMARTS) is 1. The van der Waals surface area contributed by atoms with Gasteiger partial charge < -0.3 is 9.52 Å². The van der Waals surface area contributed by atoms with Crippen molar-refractivity contribution in [2.75, 3.05) is 13.1 Å². The van der Waals surface area contributed by atoms with Crippen LogP contribution in [0.25, 0.3) is 17.4 Å². The zero-order valence-electron chi connectivity index (χ0n) is 15.4. The van der Waals surface area contributed by atoms with Crippen molar-refractivity contribution >= 4 is 34.9 Å². The van der Waals surface area contributed by atoms with E-state index in [1.807, 2.05) is 19.9 Å². The van der Waals surface area contributed by atoms with Crippen LogP contribution in [0.5, 0.6) is 0 Å². The standard InChI is InChI=1S/C20H20N2O4S/c1-4-21-20-22(5-2)18(23)17(27-20)11-14-8-9-16(26-14)13-7-6-12(3)15(10-13)19(24)25/h6-11H,4-5H2,1-3H3,(H,24,25)/b17-11-,21-20?. The van der Waals surface area contributed by atoms with E-state index in [9.17, 15) is 14.7 Å². The van der Waals surface area contributed by atoms with Crippen molar-refractivity contribution in [2.24, 2.45) is 4.99 Å². The average Bonchev–Trinajstić information content (AvgIpc) is 3.21. The smallest absolute Gasteiger partial charge is 0.335 e. The third-order valence-electron chi connectivity index (χ3n) is 4.15. The number of thioether (sulfide) groups is 1. The van der Waals surface area contributed by atoms with Gasteiger partial charge in [-0.25, -0.2) is 4.79 Å². The molecule has 1 aliphatic rings. The summed E-state index contributed by atoms with van der Waals surface area (Å²) in [6.45, 7) is 6.77. The summed E-state index contributed by atoms with van der Waals surface area (Å²) < 4.78 is 5.83. The first-order chi connectivity index (χ1) is 12.9. The maximum Gasteiger partial charge on any atom is 0.335 e. The number of amidine groups is 1. The van der Waals surface area contributed by atoms with Crippen LogP contribution in [0.3, 0.4) is 0 Å². The van der Waals surface area contributed by atoms with E-state index in [0.29, 0.717) is 45.8 Å². The predicted molar refractivity (Wildman–Crippen MR) is 107 cm³/mol. The fraction of sp³-hybridized carbons (Fsp3) is 0.250. The Kier molecular flexibility index (Phi) is 5.51. The molecule has 0 saturated carbocycles. The Morgan fingerprint density at radius 1 is 1.30 bits per heavy atom. The van der Waals surface area contributed by atoms with Gasteiger partial charge in [0.25, 0.3) is 5.91 Å². The number of benzene rings is 1. The maximum absolute atomic E-state index is 12.5. The van der Waals surface area contributed by atoms with Crippen LogP contribution in [0.1, 0.15) is 35.5 Å². The summed E-state index contributed by atoms with van der Waals surface area (Å²) in [4.78, 5) is 30.4. The fourth-order valence-electron chi connectivity index (χ4n) is 2.76. The molecule has 3 rings (SSSR count). The zero-order chi connectivity index (χ0) is 19.6. The lowest BCUT2D eigenvalue weighted by Crippen LogP contribution is -2.28. The van der Waals surface area contributed by atoms with Crippen LogP contribution in [-0.4, -0.2) is 40.1 Å².